The number of halogens is 1. The molecule has 0 fully saturated rings. The van der Waals surface area contributed by atoms with E-state index in [0.29, 0.717) is 5.56 Å². The van der Waals surface area contributed by atoms with E-state index in [1.54, 1.807) is 12.1 Å². The minimum absolute atomic E-state index is 0.302. The topological polar surface area (TPSA) is 58.2 Å². The van der Waals surface area contributed by atoms with Gasteiger partial charge in [0.1, 0.15) is 0 Å². The van der Waals surface area contributed by atoms with Crippen LogP contribution in [0.1, 0.15) is 17.3 Å². The molecule has 1 rings (SSSR count). The van der Waals surface area contributed by atoms with Crippen molar-refractivity contribution in [1.82, 2.24) is 10.9 Å². The van der Waals surface area contributed by atoms with Gasteiger partial charge in [-0.05, 0) is 34.7 Å². The Hall–Kier alpha value is -1.11. The van der Waals surface area contributed by atoms with Crippen molar-refractivity contribution in [3.63, 3.8) is 0 Å². The summed E-state index contributed by atoms with van der Waals surface area (Å²) in [5.74, 6) is -0.616. The number of benzene rings is 1. The Labute approximate surface area is 95.2 Å². The first kappa shape index (κ1) is 11.0. The van der Waals surface area contributed by atoms with Gasteiger partial charge in [0.15, 0.2) is 0 Å². The first-order valence-electron chi connectivity index (χ1n) is 3.92. The average molecular weight is 304 g/mol. The number of hydrazine groups is 1. The van der Waals surface area contributed by atoms with Gasteiger partial charge in [0.25, 0.3) is 5.91 Å². The van der Waals surface area contributed by atoms with Crippen molar-refractivity contribution in [2.24, 2.45) is 0 Å². The van der Waals surface area contributed by atoms with E-state index >= 15 is 0 Å². The van der Waals surface area contributed by atoms with Gasteiger partial charge < -0.3 is 0 Å². The van der Waals surface area contributed by atoms with Crippen LogP contribution < -0.4 is 10.9 Å². The van der Waals surface area contributed by atoms with E-state index in [9.17, 15) is 9.59 Å². The Morgan fingerprint density at radius 3 is 2.43 bits per heavy atom. The van der Waals surface area contributed by atoms with Crippen LogP contribution in [0.2, 0.25) is 0 Å². The van der Waals surface area contributed by atoms with Crippen LogP contribution >= 0.6 is 22.6 Å². The van der Waals surface area contributed by atoms with Crippen molar-refractivity contribution in [2.75, 3.05) is 0 Å². The second kappa shape index (κ2) is 4.94. The molecule has 1 aromatic rings. The maximum absolute atomic E-state index is 11.4. The fourth-order valence-electron chi connectivity index (χ4n) is 0.857. The molecule has 0 heterocycles. The minimum Gasteiger partial charge on any atom is -0.274 e. The molecule has 0 bridgehead atoms. The summed E-state index contributed by atoms with van der Waals surface area (Å²) in [6.45, 7) is 1.33. The Bertz CT molecular complexity index is 366. The van der Waals surface area contributed by atoms with Crippen molar-refractivity contribution >= 4 is 34.4 Å². The maximum Gasteiger partial charge on any atom is 0.270 e. The first-order chi connectivity index (χ1) is 6.61. The summed E-state index contributed by atoms with van der Waals surface area (Å²) in [7, 11) is 0. The predicted molar refractivity (Wildman–Crippen MR) is 60.4 cm³/mol. The van der Waals surface area contributed by atoms with Gasteiger partial charge in [0.05, 0.1) is 5.56 Å². The van der Waals surface area contributed by atoms with Crippen LogP contribution in [0.3, 0.4) is 0 Å². The van der Waals surface area contributed by atoms with E-state index in [2.05, 4.69) is 33.4 Å². The number of hydrogen-bond acceptors (Lipinski definition) is 2. The number of carbonyl (C=O) groups excluding carboxylic acids is 2. The highest BCUT2D eigenvalue weighted by atomic mass is 127. The quantitative estimate of drug-likeness (QED) is 0.602. The van der Waals surface area contributed by atoms with Crippen LogP contribution in [0.4, 0.5) is 0 Å². The Kier molecular flexibility index (Phi) is 3.87. The fourth-order valence-corrected chi connectivity index (χ4v) is 1.49. The smallest absolute Gasteiger partial charge is 0.270 e. The molecule has 74 valence electrons. The third-order valence-corrected chi connectivity index (χ3v) is 2.41. The van der Waals surface area contributed by atoms with E-state index in [1.807, 2.05) is 12.1 Å². The maximum atomic E-state index is 11.4. The van der Waals surface area contributed by atoms with Crippen molar-refractivity contribution < 1.29 is 9.59 Å². The lowest BCUT2D eigenvalue weighted by atomic mass is 10.2. The Morgan fingerprint density at radius 2 is 1.86 bits per heavy atom. The Morgan fingerprint density at radius 1 is 1.21 bits per heavy atom. The number of hydrogen-bond donors (Lipinski definition) is 2. The molecule has 0 aromatic heterocycles. The molecule has 0 spiro atoms. The van der Waals surface area contributed by atoms with Crippen molar-refractivity contribution in [3.8, 4) is 0 Å². The van der Waals surface area contributed by atoms with Gasteiger partial charge in [-0.3, -0.25) is 20.4 Å². The van der Waals surface area contributed by atoms with E-state index in [4.69, 9.17) is 0 Å². The van der Waals surface area contributed by atoms with Gasteiger partial charge in [-0.1, -0.05) is 12.1 Å². The van der Waals surface area contributed by atoms with E-state index in [-0.39, 0.29) is 11.8 Å². The van der Waals surface area contributed by atoms with E-state index in [1.165, 1.54) is 6.92 Å². The number of rotatable bonds is 1. The summed E-state index contributed by atoms with van der Waals surface area (Å²) in [6, 6.07) is 7.13. The van der Waals surface area contributed by atoms with E-state index in [0.717, 1.165) is 3.57 Å². The lowest BCUT2D eigenvalue weighted by Crippen LogP contribution is -2.40. The zero-order valence-corrected chi connectivity index (χ0v) is 9.66. The van der Waals surface area contributed by atoms with Gasteiger partial charge >= 0.3 is 0 Å². The number of amides is 2. The highest BCUT2D eigenvalue weighted by molar-refractivity contribution is 14.1. The second-order valence-corrected chi connectivity index (χ2v) is 3.78. The molecule has 2 N–H and O–H groups in total. The number of nitrogens with one attached hydrogen (secondary N) is 2. The molecular weight excluding hydrogens is 295 g/mol. The molecule has 0 unspecified atom stereocenters. The van der Waals surface area contributed by atoms with Crippen LogP contribution in [0.15, 0.2) is 24.3 Å². The molecular formula is C9H9IN2O2. The third kappa shape index (κ3) is 2.99. The van der Waals surface area contributed by atoms with Gasteiger partial charge in [0.2, 0.25) is 5.91 Å². The molecule has 0 aliphatic heterocycles. The fraction of sp³-hybridized carbons (Fsp3) is 0.111. The van der Waals surface area contributed by atoms with Gasteiger partial charge in [0, 0.05) is 10.5 Å². The minimum atomic E-state index is -0.315. The highest BCUT2D eigenvalue weighted by Gasteiger charge is 2.08. The third-order valence-electron chi connectivity index (χ3n) is 1.47. The molecule has 0 aliphatic rings. The molecule has 4 nitrogen and oxygen atoms in total. The molecule has 0 atom stereocenters. The zero-order valence-electron chi connectivity index (χ0n) is 7.50. The molecule has 2 amide bonds. The van der Waals surface area contributed by atoms with Gasteiger partial charge in [-0.25, -0.2) is 0 Å². The normalized spacial score (nSPS) is 9.29. The average Bonchev–Trinajstić information content (AvgIpc) is 2.15. The Balaban J connectivity index is 2.70. The van der Waals surface area contributed by atoms with E-state index < -0.39 is 0 Å². The molecule has 1 aromatic carbocycles. The molecule has 14 heavy (non-hydrogen) atoms. The summed E-state index contributed by atoms with van der Waals surface area (Å²) in [5.41, 5.74) is 5.07. The summed E-state index contributed by atoms with van der Waals surface area (Å²) in [4.78, 5) is 22.0. The second-order valence-electron chi connectivity index (χ2n) is 2.62. The lowest BCUT2D eigenvalue weighted by molar-refractivity contribution is -0.119. The van der Waals surface area contributed by atoms with Crippen LogP contribution in [-0.2, 0) is 4.79 Å². The van der Waals surface area contributed by atoms with Crippen LogP contribution in [0.25, 0.3) is 0 Å². The SMILES string of the molecule is CC(=O)NNC(=O)c1ccccc1I. The molecule has 5 heteroatoms. The molecule has 0 saturated heterocycles. The van der Waals surface area contributed by atoms with Crippen LogP contribution in [0.5, 0.6) is 0 Å². The summed E-state index contributed by atoms with van der Waals surface area (Å²) < 4.78 is 0.841. The highest BCUT2D eigenvalue weighted by Crippen LogP contribution is 2.10. The van der Waals surface area contributed by atoms with Crippen molar-refractivity contribution in [1.29, 1.82) is 0 Å². The predicted octanol–water partition coefficient (Wildman–Crippen LogP) is 1.07. The molecule has 0 saturated carbocycles. The summed E-state index contributed by atoms with van der Waals surface area (Å²) in [6.07, 6.45) is 0. The zero-order chi connectivity index (χ0) is 10.6. The van der Waals surface area contributed by atoms with Gasteiger partial charge in [-0.15, -0.1) is 0 Å². The molecule has 0 radical (unpaired) electrons. The van der Waals surface area contributed by atoms with Crippen molar-refractivity contribution in [3.05, 3.63) is 33.4 Å². The van der Waals surface area contributed by atoms with Crippen LogP contribution in [0, 0.1) is 3.57 Å². The standard InChI is InChI=1S/C9H9IN2O2/c1-6(13)11-12-9(14)7-4-2-3-5-8(7)10/h2-5H,1H3,(H,11,13)(H,12,14). The monoisotopic (exact) mass is 304 g/mol. The largest absolute Gasteiger partial charge is 0.274 e. The first-order valence-corrected chi connectivity index (χ1v) is 5.00. The van der Waals surface area contributed by atoms with Crippen LogP contribution in [-0.4, -0.2) is 11.8 Å². The summed E-state index contributed by atoms with van der Waals surface area (Å²) >= 11 is 2.06. The summed E-state index contributed by atoms with van der Waals surface area (Å²) in [5, 5.41) is 0. The van der Waals surface area contributed by atoms with Crippen molar-refractivity contribution in [2.45, 2.75) is 6.92 Å². The number of carbonyl (C=O) groups is 2. The molecule has 0 aliphatic carbocycles. The lowest BCUT2D eigenvalue weighted by Gasteiger charge is -2.05. The van der Waals surface area contributed by atoms with Gasteiger partial charge in [-0.2, -0.15) is 0 Å².